The zero-order valence-corrected chi connectivity index (χ0v) is 11.7. The van der Waals surface area contributed by atoms with Crippen molar-refractivity contribution in [2.75, 3.05) is 5.32 Å². The molecule has 0 aliphatic carbocycles. The highest BCUT2D eigenvalue weighted by molar-refractivity contribution is 6.13. The Hall–Kier alpha value is -2.95. The molecule has 0 saturated carbocycles. The molecule has 5 heteroatoms. The van der Waals surface area contributed by atoms with E-state index >= 15 is 0 Å². The van der Waals surface area contributed by atoms with Crippen molar-refractivity contribution in [1.82, 2.24) is 0 Å². The highest BCUT2D eigenvalue weighted by Gasteiger charge is 2.13. The molecule has 0 heterocycles. The maximum Gasteiger partial charge on any atom is 0.256 e. The fraction of sp³-hybridized carbons (Fsp3) is 0.0625. The van der Waals surface area contributed by atoms with Crippen LogP contribution in [0, 0.1) is 6.92 Å². The Morgan fingerprint density at radius 2 is 1.71 bits per heavy atom. The molecule has 0 aliphatic rings. The number of nitrogens with one attached hydrogen (secondary N) is 1. The van der Waals surface area contributed by atoms with Crippen molar-refractivity contribution in [1.29, 1.82) is 0 Å². The Bertz CT molecular complexity index is 690. The zero-order valence-electron chi connectivity index (χ0n) is 11.7. The van der Waals surface area contributed by atoms with Crippen LogP contribution in [0.25, 0.3) is 0 Å². The Morgan fingerprint density at radius 3 is 2.33 bits per heavy atom. The third-order valence-electron chi connectivity index (χ3n) is 2.94. The molecule has 21 heavy (non-hydrogen) atoms. The molecule has 2 aromatic carbocycles. The van der Waals surface area contributed by atoms with E-state index in [1.807, 2.05) is 31.2 Å². The predicted octanol–water partition coefficient (Wildman–Crippen LogP) is 2.57. The molecule has 106 valence electrons. The summed E-state index contributed by atoms with van der Waals surface area (Å²) in [6, 6.07) is 14.5. The summed E-state index contributed by atoms with van der Waals surface area (Å²) >= 11 is 0. The number of benzene rings is 2. The Kier molecular flexibility index (Phi) is 4.46. The van der Waals surface area contributed by atoms with E-state index in [0.717, 1.165) is 11.3 Å². The third-order valence-corrected chi connectivity index (χ3v) is 2.94. The Morgan fingerprint density at radius 1 is 1.10 bits per heavy atom. The Labute approximate surface area is 123 Å². The molecule has 5 nitrogen and oxygen atoms in total. The summed E-state index contributed by atoms with van der Waals surface area (Å²) in [5.74, 6) is -0.101. The van der Waals surface area contributed by atoms with Gasteiger partial charge < -0.3 is 11.1 Å². The summed E-state index contributed by atoms with van der Waals surface area (Å²) in [5.41, 5.74) is 8.60. The van der Waals surface area contributed by atoms with Crippen molar-refractivity contribution >= 4 is 24.1 Å². The number of aryl methyl sites for hydroxylation is 1. The molecule has 3 N–H and O–H groups in total. The second-order valence-corrected chi connectivity index (χ2v) is 4.49. The van der Waals surface area contributed by atoms with E-state index in [2.05, 4.69) is 22.2 Å². The fourth-order valence-electron chi connectivity index (χ4n) is 1.87. The number of amidine groups is 1. The van der Waals surface area contributed by atoms with Crippen LogP contribution < -0.4 is 11.1 Å². The molecule has 0 radical (unpaired) electrons. The zero-order chi connectivity index (χ0) is 15.2. The van der Waals surface area contributed by atoms with Crippen molar-refractivity contribution in [2.24, 2.45) is 15.9 Å². The minimum absolute atomic E-state index is 0.152. The van der Waals surface area contributed by atoms with Crippen molar-refractivity contribution < 1.29 is 4.79 Å². The van der Waals surface area contributed by atoms with Crippen LogP contribution in [0.15, 0.2) is 58.7 Å². The van der Waals surface area contributed by atoms with Crippen LogP contribution in [0.3, 0.4) is 0 Å². The minimum Gasteiger partial charge on any atom is -0.382 e. The molecule has 0 bridgehead atoms. The lowest BCUT2D eigenvalue weighted by molar-refractivity contribution is 0.102. The molecule has 0 fully saturated rings. The average Bonchev–Trinajstić information content (AvgIpc) is 2.50. The van der Waals surface area contributed by atoms with Gasteiger partial charge in [-0.25, -0.2) is 0 Å². The number of carbonyl (C=O) groups is 1. The summed E-state index contributed by atoms with van der Waals surface area (Å²) in [6.07, 6.45) is 0. The number of amides is 1. The van der Waals surface area contributed by atoms with Gasteiger partial charge in [0.05, 0.1) is 5.56 Å². The van der Waals surface area contributed by atoms with Crippen LogP contribution in [0.5, 0.6) is 0 Å². The number of hydrogen-bond donors (Lipinski definition) is 2. The molecular formula is C16H16N4O. The largest absolute Gasteiger partial charge is 0.382 e. The summed E-state index contributed by atoms with van der Waals surface area (Å²) in [4.78, 5) is 12.4. The topological polar surface area (TPSA) is 79.8 Å². The van der Waals surface area contributed by atoms with Gasteiger partial charge in [-0.05, 0) is 25.1 Å². The first-order chi connectivity index (χ1) is 10.1. The maximum absolute atomic E-state index is 12.4. The van der Waals surface area contributed by atoms with Gasteiger partial charge in [-0.1, -0.05) is 35.9 Å². The van der Waals surface area contributed by atoms with Gasteiger partial charge in [0.2, 0.25) is 0 Å². The van der Waals surface area contributed by atoms with Gasteiger partial charge in [-0.3, -0.25) is 4.79 Å². The highest BCUT2D eigenvalue weighted by Crippen LogP contribution is 2.14. The lowest BCUT2D eigenvalue weighted by Gasteiger charge is -2.09. The molecular weight excluding hydrogens is 264 g/mol. The molecule has 0 unspecified atom stereocenters. The molecule has 0 spiro atoms. The van der Waals surface area contributed by atoms with Gasteiger partial charge in [0.15, 0.2) is 5.84 Å². The monoisotopic (exact) mass is 280 g/mol. The van der Waals surface area contributed by atoms with Crippen LogP contribution in [0.1, 0.15) is 21.5 Å². The van der Waals surface area contributed by atoms with Crippen molar-refractivity contribution in [2.45, 2.75) is 6.92 Å². The fourth-order valence-corrected chi connectivity index (χ4v) is 1.87. The van der Waals surface area contributed by atoms with Gasteiger partial charge >= 0.3 is 0 Å². The molecule has 2 rings (SSSR count). The van der Waals surface area contributed by atoms with Crippen LogP contribution >= 0.6 is 0 Å². The quantitative estimate of drug-likeness (QED) is 0.513. The summed E-state index contributed by atoms with van der Waals surface area (Å²) in [5, 5.41) is 9.90. The van der Waals surface area contributed by atoms with Crippen LogP contribution in [-0.4, -0.2) is 18.5 Å². The number of carbonyl (C=O) groups excluding carboxylic acids is 1. The van der Waals surface area contributed by atoms with Gasteiger partial charge in [-0.15, -0.1) is 5.10 Å². The summed E-state index contributed by atoms with van der Waals surface area (Å²) in [7, 11) is 0. The van der Waals surface area contributed by atoms with E-state index in [4.69, 9.17) is 5.73 Å². The third kappa shape index (κ3) is 3.54. The van der Waals surface area contributed by atoms with Gasteiger partial charge in [0.25, 0.3) is 5.91 Å². The molecule has 1 amide bonds. The first-order valence-electron chi connectivity index (χ1n) is 6.38. The number of rotatable bonds is 4. The number of nitrogens with zero attached hydrogens (tertiary/aromatic N) is 2. The van der Waals surface area contributed by atoms with Crippen LogP contribution in [-0.2, 0) is 0 Å². The lowest BCUT2D eigenvalue weighted by Crippen LogP contribution is -2.21. The highest BCUT2D eigenvalue weighted by atomic mass is 16.1. The smallest absolute Gasteiger partial charge is 0.256 e. The first kappa shape index (κ1) is 14.5. The van der Waals surface area contributed by atoms with E-state index in [1.165, 1.54) is 0 Å². The van der Waals surface area contributed by atoms with E-state index in [9.17, 15) is 4.79 Å². The Balaban J connectivity index is 2.29. The molecule has 2 aromatic rings. The normalized spacial score (nSPS) is 11.0. The van der Waals surface area contributed by atoms with E-state index < -0.39 is 0 Å². The van der Waals surface area contributed by atoms with Crippen molar-refractivity contribution in [3.05, 3.63) is 65.2 Å². The number of nitrogens with two attached hydrogens (primary N) is 1. The van der Waals surface area contributed by atoms with Crippen molar-refractivity contribution in [3.8, 4) is 0 Å². The number of hydrogen-bond acceptors (Lipinski definition) is 3. The minimum atomic E-state index is -0.253. The van der Waals surface area contributed by atoms with E-state index in [-0.39, 0.29) is 11.7 Å². The molecule has 0 atom stereocenters. The van der Waals surface area contributed by atoms with Crippen molar-refractivity contribution in [3.63, 3.8) is 0 Å². The lowest BCUT2D eigenvalue weighted by atomic mass is 10.1. The summed E-state index contributed by atoms with van der Waals surface area (Å²) in [6.45, 7) is 5.25. The second-order valence-electron chi connectivity index (χ2n) is 4.49. The standard InChI is InChI=1S/C16H16N4O/c1-11-7-9-12(10-8-11)19-16(21)14-6-4-3-5-13(14)15(17)20-18-2/h3-10H,2H2,1H3,(H2,17,20)(H,19,21). The molecule has 0 aliphatic heterocycles. The average molecular weight is 280 g/mol. The SMILES string of the molecule is C=NN=C(N)c1ccccc1C(=O)Nc1ccc(C)cc1. The van der Waals surface area contributed by atoms with Crippen LogP contribution in [0.4, 0.5) is 5.69 Å². The van der Waals surface area contributed by atoms with Crippen LogP contribution in [0.2, 0.25) is 0 Å². The van der Waals surface area contributed by atoms with E-state index in [1.54, 1.807) is 24.3 Å². The van der Waals surface area contributed by atoms with Gasteiger partial charge in [-0.2, -0.15) is 5.10 Å². The first-order valence-corrected chi connectivity index (χ1v) is 6.38. The van der Waals surface area contributed by atoms with Gasteiger partial charge in [0, 0.05) is 18.0 Å². The molecule has 0 saturated heterocycles. The summed E-state index contributed by atoms with van der Waals surface area (Å²) < 4.78 is 0. The van der Waals surface area contributed by atoms with Gasteiger partial charge in [0.1, 0.15) is 0 Å². The predicted molar refractivity (Wildman–Crippen MR) is 85.8 cm³/mol. The second kappa shape index (κ2) is 6.47. The number of anilines is 1. The maximum atomic E-state index is 12.4. The molecule has 0 aromatic heterocycles. The van der Waals surface area contributed by atoms with E-state index in [0.29, 0.717) is 11.1 Å².